The maximum Gasteiger partial charge on any atom is 0.107 e. The molecule has 0 amide bonds. The highest BCUT2D eigenvalue weighted by molar-refractivity contribution is 7.97. The van der Waals surface area contributed by atoms with Gasteiger partial charge in [-0.2, -0.15) is 0 Å². The molecule has 2 rings (SSSR count). The Morgan fingerprint density at radius 2 is 2.21 bits per heavy atom. The van der Waals surface area contributed by atoms with Crippen LogP contribution < -0.4 is 10.5 Å². The van der Waals surface area contributed by atoms with E-state index in [9.17, 15) is 4.39 Å². The third kappa shape index (κ3) is 3.69. The van der Waals surface area contributed by atoms with Crippen molar-refractivity contribution in [3.05, 3.63) is 35.4 Å². The standard InChI is InChI=1S/C14H21FN2OS/c1-18-14(12(16)9-15)11-6-4-10(5-7-11)13-3-2-8-19-17-13/h4-7,12-14,17H,2-3,8-9,16H2,1H3. The molecular formula is C14H21FN2OS. The Labute approximate surface area is 118 Å². The van der Waals surface area contributed by atoms with Crippen LogP contribution in [-0.2, 0) is 4.74 Å². The van der Waals surface area contributed by atoms with Gasteiger partial charge in [0.2, 0.25) is 0 Å². The molecule has 0 bridgehead atoms. The molecule has 1 saturated heterocycles. The number of hydrogen-bond acceptors (Lipinski definition) is 4. The van der Waals surface area contributed by atoms with E-state index in [0.29, 0.717) is 6.04 Å². The SMILES string of the molecule is COC(c1ccc(C2CCCSN2)cc1)C(N)CF. The summed E-state index contributed by atoms with van der Waals surface area (Å²) in [6.07, 6.45) is 2.01. The van der Waals surface area contributed by atoms with E-state index in [-0.39, 0.29) is 6.10 Å². The Kier molecular flexibility index (Phi) is 5.63. The van der Waals surface area contributed by atoms with Crippen molar-refractivity contribution >= 4 is 11.9 Å². The van der Waals surface area contributed by atoms with E-state index < -0.39 is 12.7 Å². The predicted octanol–water partition coefficient (Wildman–Crippen LogP) is 2.74. The summed E-state index contributed by atoms with van der Waals surface area (Å²) in [4.78, 5) is 0. The third-order valence-corrected chi connectivity index (χ3v) is 4.40. The first-order chi connectivity index (χ1) is 9.26. The van der Waals surface area contributed by atoms with Gasteiger partial charge >= 0.3 is 0 Å². The molecule has 3 unspecified atom stereocenters. The van der Waals surface area contributed by atoms with Gasteiger partial charge in [0.1, 0.15) is 6.67 Å². The van der Waals surface area contributed by atoms with Crippen LogP contribution in [0.15, 0.2) is 24.3 Å². The number of alkyl halides is 1. The molecule has 1 aromatic carbocycles. The summed E-state index contributed by atoms with van der Waals surface area (Å²) in [6.45, 7) is -0.582. The molecule has 3 N–H and O–H groups in total. The van der Waals surface area contributed by atoms with Crippen molar-refractivity contribution < 1.29 is 9.13 Å². The zero-order valence-electron chi connectivity index (χ0n) is 11.1. The van der Waals surface area contributed by atoms with Gasteiger partial charge in [-0.25, -0.2) is 4.39 Å². The fraction of sp³-hybridized carbons (Fsp3) is 0.571. The fourth-order valence-electron chi connectivity index (χ4n) is 2.37. The lowest BCUT2D eigenvalue weighted by Crippen LogP contribution is -2.31. The second-order valence-corrected chi connectivity index (χ2v) is 5.73. The van der Waals surface area contributed by atoms with Crippen LogP contribution in [0.3, 0.4) is 0 Å². The minimum Gasteiger partial charge on any atom is -0.375 e. The summed E-state index contributed by atoms with van der Waals surface area (Å²) < 4.78 is 21.4. The first kappa shape index (κ1) is 14.8. The van der Waals surface area contributed by atoms with Crippen molar-refractivity contribution in [3.8, 4) is 0 Å². The topological polar surface area (TPSA) is 47.3 Å². The van der Waals surface area contributed by atoms with E-state index in [0.717, 1.165) is 12.0 Å². The Morgan fingerprint density at radius 3 is 2.74 bits per heavy atom. The monoisotopic (exact) mass is 284 g/mol. The minimum absolute atomic E-state index is 0.382. The summed E-state index contributed by atoms with van der Waals surface area (Å²) in [7, 11) is 1.56. The molecule has 1 heterocycles. The van der Waals surface area contributed by atoms with Crippen molar-refractivity contribution in [3.63, 3.8) is 0 Å². The average molecular weight is 284 g/mol. The molecule has 19 heavy (non-hydrogen) atoms. The lowest BCUT2D eigenvalue weighted by atomic mass is 9.98. The van der Waals surface area contributed by atoms with Crippen LogP contribution in [0.2, 0.25) is 0 Å². The molecule has 0 aromatic heterocycles. The highest BCUT2D eigenvalue weighted by Crippen LogP contribution is 2.28. The van der Waals surface area contributed by atoms with Crippen LogP contribution in [0, 0.1) is 0 Å². The lowest BCUT2D eigenvalue weighted by Gasteiger charge is -2.24. The van der Waals surface area contributed by atoms with Crippen molar-refractivity contribution in [2.75, 3.05) is 19.5 Å². The molecule has 0 saturated carbocycles. The number of nitrogens with one attached hydrogen (secondary N) is 1. The lowest BCUT2D eigenvalue weighted by molar-refractivity contribution is 0.0720. The highest BCUT2D eigenvalue weighted by Gasteiger charge is 2.20. The van der Waals surface area contributed by atoms with Gasteiger partial charge in [0.15, 0.2) is 0 Å². The van der Waals surface area contributed by atoms with Crippen molar-refractivity contribution in [2.24, 2.45) is 5.73 Å². The quantitative estimate of drug-likeness (QED) is 0.816. The number of methoxy groups -OCH3 is 1. The molecule has 0 radical (unpaired) electrons. The van der Waals surface area contributed by atoms with Gasteiger partial charge in [0.25, 0.3) is 0 Å². The van der Waals surface area contributed by atoms with Gasteiger partial charge in [-0.3, -0.25) is 4.72 Å². The van der Waals surface area contributed by atoms with Crippen molar-refractivity contribution in [2.45, 2.75) is 31.0 Å². The minimum atomic E-state index is -0.612. The van der Waals surface area contributed by atoms with Crippen LogP contribution in [0.25, 0.3) is 0 Å². The van der Waals surface area contributed by atoms with Crippen LogP contribution in [0.4, 0.5) is 4.39 Å². The molecule has 1 aromatic rings. The van der Waals surface area contributed by atoms with E-state index in [1.807, 2.05) is 12.1 Å². The second-order valence-electron chi connectivity index (χ2n) is 4.80. The van der Waals surface area contributed by atoms with Crippen LogP contribution >= 0.6 is 11.9 Å². The molecule has 1 fully saturated rings. The molecule has 5 heteroatoms. The van der Waals surface area contributed by atoms with Gasteiger partial charge in [-0.15, -0.1) is 0 Å². The largest absolute Gasteiger partial charge is 0.375 e. The van der Waals surface area contributed by atoms with Crippen LogP contribution in [-0.4, -0.2) is 25.6 Å². The number of rotatable bonds is 5. The van der Waals surface area contributed by atoms with Crippen LogP contribution in [0.5, 0.6) is 0 Å². The van der Waals surface area contributed by atoms with E-state index in [1.54, 1.807) is 19.1 Å². The summed E-state index contributed by atoms with van der Waals surface area (Å²) in [5.41, 5.74) is 7.92. The van der Waals surface area contributed by atoms with E-state index in [1.165, 1.54) is 17.7 Å². The maximum absolute atomic E-state index is 12.7. The molecule has 0 aliphatic carbocycles. The Balaban J connectivity index is 2.08. The summed E-state index contributed by atoms with van der Waals surface area (Å²) in [6, 6.07) is 7.92. The fourth-order valence-corrected chi connectivity index (χ4v) is 3.25. The molecule has 106 valence electrons. The first-order valence-electron chi connectivity index (χ1n) is 6.57. The van der Waals surface area contributed by atoms with E-state index >= 15 is 0 Å². The average Bonchev–Trinajstić information content (AvgIpc) is 2.49. The maximum atomic E-state index is 12.7. The molecule has 1 aliphatic heterocycles. The van der Waals surface area contributed by atoms with Gasteiger partial charge in [-0.05, 0) is 24.0 Å². The molecule has 3 nitrogen and oxygen atoms in total. The number of hydrogen-bond donors (Lipinski definition) is 2. The normalized spacial score (nSPS) is 23.0. The highest BCUT2D eigenvalue weighted by atomic mass is 32.2. The number of halogens is 1. The second kappa shape index (κ2) is 7.24. The molecule has 3 atom stereocenters. The summed E-state index contributed by atoms with van der Waals surface area (Å²) in [5.74, 6) is 1.17. The van der Waals surface area contributed by atoms with Gasteiger partial charge in [-0.1, -0.05) is 36.2 Å². The van der Waals surface area contributed by atoms with Crippen LogP contribution in [0.1, 0.15) is 36.1 Å². The summed E-state index contributed by atoms with van der Waals surface area (Å²) in [5, 5.41) is 0. The first-order valence-corrected chi connectivity index (χ1v) is 7.56. The van der Waals surface area contributed by atoms with Crippen molar-refractivity contribution in [1.82, 2.24) is 4.72 Å². The zero-order valence-corrected chi connectivity index (χ0v) is 12.0. The molecule has 0 spiro atoms. The van der Waals surface area contributed by atoms with Gasteiger partial charge in [0, 0.05) is 18.9 Å². The van der Waals surface area contributed by atoms with E-state index in [2.05, 4.69) is 16.9 Å². The third-order valence-electron chi connectivity index (χ3n) is 3.45. The number of ether oxygens (including phenoxy) is 1. The zero-order chi connectivity index (χ0) is 13.7. The summed E-state index contributed by atoms with van der Waals surface area (Å²) >= 11 is 1.78. The smallest absolute Gasteiger partial charge is 0.107 e. The molecule has 1 aliphatic rings. The predicted molar refractivity (Wildman–Crippen MR) is 77.7 cm³/mol. The Bertz CT molecular complexity index is 382. The molecular weight excluding hydrogens is 263 g/mol. The van der Waals surface area contributed by atoms with Crippen molar-refractivity contribution in [1.29, 1.82) is 0 Å². The van der Waals surface area contributed by atoms with Gasteiger partial charge in [0.05, 0.1) is 12.1 Å². The van der Waals surface area contributed by atoms with E-state index in [4.69, 9.17) is 10.5 Å². The number of nitrogens with two attached hydrogens (primary N) is 1. The Hall–Kier alpha value is -0.620. The Morgan fingerprint density at radius 1 is 1.47 bits per heavy atom. The number of benzene rings is 1. The van der Waals surface area contributed by atoms with Gasteiger partial charge < -0.3 is 10.5 Å².